The maximum Gasteiger partial charge on any atom is 0.311 e. The Labute approximate surface area is 127 Å². The van der Waals surface area contributed by atoms with Crippen LogP contribution in [-0.4, -0.2) is 11.9 Å². The number of unbranched alkanes of at least 4 members (excludes halogenated alkanes) is 1. The monoisotopic (exact) mass is 303 g/mol. The molecule has 0 aliphatic heterocycles. The molecular formula is C16H17NO3S. The van der Waals surface area contributed by atoms with Crippen molar-refractivity contribution in [2.24, 2.45) is 0 Å². The lowest BCUT2D eigenvalue weighted by atomic mass is 10.2. The first kappa shape index (κ1) is 15.3. The molecule has 0 saturated heterocycles. The number of hydrogen-bond acceptors (Lipinski definition) is 4. The van der Waals surface area contributed by atoms with Gasteiger partial charge in [0, 0.05) is 12.1 Å². The third-order valence-corrected chi connectivity index (χ3v) is 3.69. The molecule has 1 N–H and O–H groups in total. The highest BCUT2D eigenvalue weighted by molar-refractivity contribution is 7.12. The Morgan fingerprint density at radius 1 is 1.19 bits per heavy atom. The van der Waals surface area contributed by atoms with Crippen LogP contribution >= 0.6 is 11.3 Å². The summed E-state index contributed by atoms with van der Waals surface area (Å²) in [5.41, 5.74) is 0.668. The van der Waals surface area contributed by atoms with Crippen molar-refractivity contribution in [2.45, 2.75) is 26.2 Å². The van der Waals surface area contributed by atoms with Gasteiger partial charge in [-0.2, -0.15) is 0 Å². The molecule has 21 heavy (non-hydrogen) atoms. The van der Waals surface area contributed by atoms with E-state index in [1.165, 1.54) is 11.3 Å². The number of rotatable bonds is 6. The summed E-state index contributed by atoms with van der Waals surface area (Å²) in [7, 11) is 0. The maximum atomic E-state index is 11.9. The van der Waals surface area contributed by atoms with Crippen molar-refractivity contribution >= 4 is 28.9 Å². The summed E-state index contributed by atoms with van der Waals surface area (Å²) < 4.78 is 5.20. The molecule has 2 aromatic rings. The number of nitrogens with one attached hydrogen (secondary N) is 1. The second kappa shape index (κ2) is 7.59. The highest BCUT2D eigenvalue weighted by atomic mass is 32.1. The molecule has 0 aliphatic carbocycles. The minimum absolute atomic E-state index is 0.141. The number of carbonyl (C=O) groups is 2. The van der Waals surface area contributed by atoms with Gasteiger partial charge in [0.25, 0.3) is 5.91 Å². The number of hydrogen-bond donors (Lipinski definition) is 1. The van der Waals surface area contributed by atoms with Gasteiger partial charge in [-0.15, -0.1) is 11.3 Å². The average Bonchev–Trinajstić information content (AvgIpc) is 3.01. The average molecular weight is 303 g/mol. The van der Waals surface area contributed by atoms with E-state index in [2.05, 4.69) is 5.32 Å². The highest BCUT2D eigenvalue weighted by Gasteiger charge is 2.08. The third kappa shape index (κ3) is 4.72. The van der Waals surface area contributed by atoms with E-state index in [0.717, 1.165) is 12.8 Å². The summed E-state index contributed by atoms with van der Waals surface area (Å²) in [6, 6.07) is 10.4. The Balaban J connectivity index is 1.90. The molecular weight excluding hydrogens is 286 g/mol. The molecule has 1 amide bonds. The van der Waals surface area contributed by atoms with Crippen LogP contribution in [0.25, 0.3) is 0 Å². The topological polar surface area (TPSA) is 55.4 Å². The molecule has 0 spiro atoms. The smallest absolute Gasteiger partial charge is 0.311 e. The van der Waals surface area contributed by atoms with E-state index in [-0.39, 0.29) is 11.9 Å². The minimum atomic E-state index is -0.229. The summed E-state index contributed by atoms with van der Waals surface area (Å²) in [5.74, 6) is 0.120. The van der Waals surface area contributed by atoms with E-state index >= 15 is 0 Å². The van der Waals surface area contributed by atoms with Crippen molar-refractivity contribution < 1.29 is 14.3 Å². The molecule has 1 heterocycles. The number of esters is 1. The molecule has 0 atom stereocenters. The molecule has 0 saturated carbocycles. The summed E-state index contributed by atoms with van der Waals surface area (Å²) in [6.45, 7) is 2.03. The van der Waals surface area contributed by atoms with Gasteiger partial charge in [0.05, 0.1) is 4.88 Å². The predicted octanol–water partition coefficient (Wildman–Crippen LogP) is 4.10. The molecule has 2 rings (SSSR count). The van der Waals surface area contributed by atoms with E-state index in [4.69, 9.17) is 4.74 Å². The molecule has 1 aromatic carbocycles. The number of benzene rings is 1. The van der Waals surface area contributed by atoms with Crippen LogP contribution in [0.3, 0.4) is 0 Å². The molecule has 0 unspecified atom stereocenters. The van der Waals surface area contributed by atoms with Gasteiger partial charge in [0.1, 0.15) is 5.75 Å². The predicted molar refractivity (Wildman–Crippen MR) is 83.9 cm³/mol. The molecule has 1 aromatic heterocycles. The second-order valence-electron chi connectivity index (χ2n) is 4.53. The van der Waals surface area contributed by atoms with Crippen LogP contribution in [0.1, 0.15) is 35.9 Å². The van der Waals surface area contributed by atoms with Crippen LogP contribution in [0.2, 0.25) is 0 Å². The molecule has 0 fully saturated rings. The Bertz CT molecular complexity index is 590. The molecule has 4 nitrogen and oxygen atoms in total. The Morgan fingerprint density at radius 3 is 2.57 bits per heavy atom. The van der Waals surface area contributed by atoms with Gasteiger partial charge < -0.3 is 10.1 Å². The van der Waals surface area contributed by atoms with Gasteiger partial charge in [0.15, 0.2) is 0 Å². The van der Waals surface area contributed by atoms with Gasteiger partial charge in [-0.3, -0.25) is 9.59 Å². The van der Waals surface area contributed by atoms with Gasteiger partial charge in [0.2, 0.25) is 0 Å². The zero-order valence-electron chi connectivity index (χ0n) is 11.8. The zero-order chi connectivity index (χ0) is 15.1. The van der Waals surface area contributed by atoms with Crippen molar-refractivity contribution in [3.63, 3.8) is 0 Å². The zero-order valence-corrected chi connectivity index (χ0v) is 12.6. The summed E-state index contributed by atoms with van der Waals surface area (Å²) >= 11 is 1.39. The van der Waals surface area contributed by atoms with Crippen LogP contribution in [-0.2, 0) is 4.79 Å². The van der Waals surface area contributed by atoms with Crippen LogP contribution < -0.4 is 10.1 Å². The van der Waals surface area contributed by atoms with Crippen molar-refractivity contribution in [1.29, 1.82) is 0 Å². The van der Waals surface area contributed by atoms with Crippen molar-refractivity contribution in [3.05, 3.63) is 46.7 Å². The maximum absolute atomic E-state index is 11.9. The number of ether oxygens (including phenoxy) is 1. The van der Waals surface area contributed by atoms with Crippen molar-refractivity contribution in [1.82, 2.24) is 0 Å². The van der Waals surface area contributed by atoms with E-state index in [0.29, 0.717) is 22.7 Å². The van der Waals surface area contributed by atoms with E-state index < -0.39 is 0 Å². The fourth-order valence-electron chi connectivity index (χ4n) is 1.71. The lowest BCUT2D eigenvalue weighted by Gasteiger charge is -2.06. The molecule has 0 radical (unpaired) electrons. The largest absolute Gasteiger partial charge is 0.427 e. The first-order valence-electron chi connectivity index (χ1n) is 6.84. The Morgan fingerprint density at radius 2 is 1.95 bits per heavy atom. The van der Waals surface area contributed by atoms with E-state index in [1.807, 2.05) is 18.4 Å². The van der Waals surface area contributed by atoms with Crippen LogP contribution in [0.5, 0.6) is 5.75 Å². The third-order valence-electron chi connectivity index (χ3n) is 2.82. The molecule has 110 valence electrons. The van der Waals surface area contributed by atoms with E-state index in [1.54, 1.807) is 30.3 Å². The first-order chi connectivity index (χ1) is 10.2. The molecule has 0 bridgehead atoms. The Kier molecular flexibility index (Phi) is 5.51. The van der Waals surface area contributed by atoms with Crippen molar-refractivity contribution in [2.75, 3.05) is 5.32 Å². The Hall–Kier alpha value is -2.14. The number of anilines is 1. The lowest BCUT2D eigenvalue weighted by molar-refractivity contribution is -0.134. The number of amides is 1. The SMILES string of the molecule is CCCCC(=O)Oc1ccc(NC(=O)c2cccs2)cc1. The van der Waals surface area contributed by atoms with Gasteiger partial charge >= 0.3 is 5.97 Å². The second-order valence-corrected chi connectivity index (χ2v) is 5.48. The van der Waals surface area contributed by atoms with Gasteiger partial charge in [-0.1, -0.05) is 19.4 Å². The number of thiophene rings is 1. The summed E-state index contributed by atoms with van der Waals surface area (Å²) in [6.07, 6.45) is 2.21. The lowest BCUT2D eigenvalue weighted by Crippen LogP contribution is -2.10. The highest BCUT2D eigenvalue weighted by Crippen LogP contribution is 2.18. The first-order valence-corrected chi connectivity index (χ1v) is 7.72. The van der Waals surface area contributed by atoms with Gasteiger partial charge in [-0.05, 0) is 42.1 Å². The standard InChI is InChI=1S/C16H17NO3S/c1-2-3-6-15(18)20-13-9-7-12(8-10-13)17-16(19)14-5-4-11-21-14/h4-5,7-11H,2-3,6H2,1H3,(H,17,19). The fourth-order valence-corrected chi connectivity index (χ4v) is 2.33. The van der Waals surface area contributed by atoms with Crippen molar-refractivity contribution in [3.8, 4) is 5.75 Å². The van der Waals surface area contributed by atoms with Gasteiger partial charge in [-0.25, -0.2) is 0 Å². The number of carbonyl (C=O) groups excluding carboxylic acids is 2. The fraction of sp³-hybridized carbons (Fsp3) is 0.250. The van der Waals surface area contributed by atoms with Crippen LogP contribution in [0.15, 0.2) is 41.8 Å². The van der Waals surface area contributed by atoms with E-state index in [9.17, 15) is 9.59 Å². The molecule has 5 heteroatoms. The van der Waals surface area contributed by atoms with Crippen LogP contribution in [0, 0.1) is 0 Å². The minimum Gasteiger partial charge on any atom is -0.427 e. The summed E-state index contributed by atoms with van der Waals surface area (Å²) in [5, 5.41) is 4.65. The molecule has 0 aliphatic rings. The quantitative estimate of drug-likeness (QED) is 0.646. The normalized spacial score (nSPS) is 10.1. The summed E-state index contributed by atoms with van der Waals surface area (Å²) in [4.78, 5) is 24.0. The van der Waals surface area contributed by atoms with Crippen LogP contribution in [0.4, 0.5) is 5.69 Å².